The standard InChI is InChI=1S/C15H31N/c1-4-14(5-2)12-16-10-9-15-8-6-7-13(3)11-15/h13-16H,4-12H2,1-3H3. The van der Waals surface area contributed by atoms with Gasteiger partial charge in [0.2, 0.25) is 0 Å². The van der Waals surface area contributed by atoms with Gasteiger partial charge < -0.3 is 5.32 Å². The maximum atomic E-state index is 3.65. The van der Waals surface area contributed by atoms with Crippen molar-refractivity contribution >= 4 is 0 Å². The maximum Gasteiger partial charge on any atom is -0.00207 e. The van der Waals surface area contributed by atoms with Crippen LogP contribution in [0.25, 0.3) is 0 Å². The van der Waals surface area contributed by atoms with Crippen LogP contribution in [0.15, 0.2) is 0 Å². The van der Waals surface area contributed by atoms with E-state index in [1.54, 1.807) is 0 Å². The zero-order valence-electron chi connectivity index (χ0n) is 11.6. The molecule has 1 fully saturated rings. The average Bonchev–Trinajstić information content (AvgIpc) is 2.29. The Bertz CT molecular complexity index is 163. The third-order valence-corrected chi connectivity index (χ3v) is 4.36. The molecule has 1 nitrogen and oxygen atoms in total. The predicted molar refractivity (Wildman–Crippen MR) is 72.7 cm³/mol. The Balaban J connectivity index is 2.02. The van der Waals surface area contributed by atoms with Gasteiger partial charge >= 0.3 is 0 Å². The van der Waals surface area contributed by atoms with Crippen molar-refractivity contribution in [3.63, 3.8) is 0 Å². The average molecular weight is 225 g/mol. The van der Waals surface area contributed by atoms with E-state index < -0.39 is 0 Å². The lowest BCUT2D eigenvalue weighted by molar-refractivity contribution is 0.266. The molecule has 0 heterocycles. The fourth-order valence-electron chi connectivity index (χ4n) is 3.01. The van der Waals surface area contributed by atoms with Crippen LogP contribution in [0.4, 0.5) is 0 Å². The van der Waals surface area contributed by atoms with Crippen molar-refractivity contribution < 1.29 is 0 Å². The zero-order valence-corrected chi connectivity index (χ0v) is 11.6. The van der Waals surface area contributed by atoms with Crippen LogP contribution >= 0.6 is 0 Å². The minimum absolute atomic E-state index is 0.894. The summed E-state index contributed by atoms with van der Waals surface area (Å²) in [6.07, 6.45) is 9.96. The van der Waals surface area contributed by atoms with Crippen molar-refractivity contribution in [1.82, 2.24) is 5.32 Å². The summed E-state index contributed by atoms with van der Waals surface area (Å²) in [5, 5.41) is 3.65. The van der Waals surface area contributed by atoms with Crippen molar-refractivity contribution in [3.8, 4) is 0 Å². The molecule has 0 saturated heterocycles. The van der Waals surface area contributed by atoms with E-state index in [0.717, 1.165) is 17.8 Å². The first-order valence-electron chi connectivity index (χ1n) is 7.46. The quantitative estimate of drug-likeness (QED) is 0.639. The van der Waals surface area contributed by atoms with Gasteiger partial charge in [-0.3, -0.25) is 0 Å². The maximum absolute atomic E-state index is 3.65. The first-order chi connectivity index (χ1) is 7.76. The molecule has 0 radical (unpaired) electrons. The minimum atomic E-state index is 0.894. The van der Waals surface area contributed by atoms with Gasteiger partial charge in [-0.2, -0.15) is 0 Å². The topological polar surface area (TPSA) is 12.0 Å². The third kappa shape index (κ3) is 5.34. The van der Waals surface area contributed by atoms with Crippen LogP contribution in [0.3, 0.4) is 0 Å². The summed E-state index contributed by atoms with van der Waals surface area (Å²) < 4.78 is 0. The van der Waals surface area contributed by atoms with E-state index in [0.29, 0.717) is 0 Å². The summed E-state index contributed by atoms with van der Waals surface area (Å²) in [5.74, 6) is 2.89. The Kier molecular flexibility index (Phi) is 7.11. The third-order valence-electron chi connectivity index (χ3n) is 4.36. The summed E-state index contributed by atoms with van der Waals surface area (Å²) in [5.41, 5.74) is 0. The van der Waals surface area contributed by atoms with Crippen molar-refractivity contribution in [2.75, 3.05) is 13.1 Å². The van der Waals surface area contributed by atoms with Crippen molar-refractivity contribution in [3.05, 3.63) is 0 Å². The van der Waals surface area contributed by atoms with Crippen LogP contribution in [0.1, 0.15) is 65.7 Å². The van der Waals surface area contributed by atoms with Crippen LogP contribution in [0, 0.1) is 17.8 Å². The molecule has 0 aromatic carbocycles. The summed E-state index contributed by atoms with van der Waals surface area (Å²) in [4.78, 5) is 0. The van der Waals surface area contributed by atoms with Crippen molar-refractivity contribution in [2.24, 2.45) is 17.8 Å². The summed E-state index contributed by atoms with van der Waals surface area (Å²) in [7, 11) is 0. The summed E-state index contributed by atoms with van der Waals surface area (Å²) >= 11 is 0. The Hall–Kier alpha value is -0.0400. The monoisotopic (exact) mass is 225 g/mol. The van der Waals surface area contributed by atoms with Crippen molar-refractivity contribution in [1.29, 1.82) is 0 Å². The summed E-state index contributed by atoms with van der Waals surface area (Å²) in [6.45, 7) is 9.50. The van der Waals surface area contributed by atoms with E-state index in [9.17, 15) is 0 Å². The van der Waals surface area contributed by atoms with Crippen LogP contribution in [-0.2, 0) is 0 Å². The number of nitrogens with one attached hydrogen (secondary N) is 1. The molecule has 0 bridgehead atoms. The van der Waals surface area contributed by atoms with E-state index in [1.165, 1.54) is 58.0 Å². The largest absolute Gasteiger partial charge is 0.316 e. The molecule has 2 atom stereocenters. The van der Waals surface area contributed by atoms with Crippen LogP contribution in [0.2, 0.25) is 0 Å². The van der Waals surface area contributed by atoms with E-state index in [-0.39, 0.29) is 0 Å². The van der Waals surface area contributed by atoms with Gasteiger partial charge in [-0.1, -0.05) is 52.9 Å². The van der Waals surface area contributed by atoms with Gasteiger partial charge in [-0.15, -0.1) is 0 Å². The molecule has 16 heavy (non-hydrogen) atoms. The Morgan fingerprint density at radius 2 is 1.94 bits per heavy atom. The van der Waals surface area contributed by atoms with Gasteiger partial charge in [-0.25, -0.2) is 0 Å². The van der Waals surface area contributed by atoms with Crippen LogP contribution < -0.4 is 5.32 Å². The van der Waals surface area contributed by atoms with E-state index in [1.807, 2.05) is 0 Å². The Labute approximate surface area is 102 Å². The highest BCUT2D eigenvalue weighted by atomic mass is 14.9. The zero-order chi connectivity index (χ0) is 11.8. The van der Waals surface area contributed by atoms with E-state index in [2.05, 4.69) is 26.1 Å². The second kappa shape index (κ2) is 8.11. The molecule has 0 spiro atoms. The molecule has 0 aromatic rings. The van der Waals surface area contributed by atoms with Crippen LogP contribution in [0.5, 0.6) is 0 Å². The van der Waals surface area contributed by atoms with Gasteiger partial charge in [-0.05, 0) is 43.7 Å². The molecule has 1 N–H and O–H groups in total. The predicted octanol–water partition coefficient (Wildman–Crippen LogP) is 4.23. The SMILES string of the molecule is CCC(CC)CNCCC1CCCC(C)C1. The van der Waals surface area contributed by atoms with E-state index >= 15 is 0 Å². The highest BCUT2D eigenvalue weighted by Gasteiger charge is 2.18. The fraction of sp³-hybridized carbons (Fsp3) is 1.00. The van der Waals surface area contributed by atoms with Gasteiger partial charge in [0.25, 0.3) is 0 Å². The highest BCUT2D eigenvalue weighted by Crippen LogP contribution is 2.30. The smallest absolute Gasteiger partial charge is 0.00207 e. The van der Waals surface area contributed by atoms with E-state index in [4.69, 9.17) is 0 Å². The molecular weight excluding hydrogens is 194 g/mol. The lowest BCUT2D eigenvalue weighted by Crippen LogP contribution is -2.25. The Morgan fingerprint density at radius 1 is 1.19 bits per heavy atom. The van der Waals surface area contributed by atoms with Crippen molar-refractivity contribution in [2.45, 2.75) is 65.7 Å². The van der Waals surface area contributed by atoms with Gasteiger partial charge in [0, 0.05) is 0 Å². The minimum Gasteiger partial charge on any atom is -0.316 e. The number of hydrogen-bond acceptors (Lipinski definition) is 1. The lowest BCUT2D eigenvalue weighted by Gasteiger charge is -2.27. The van der Waals surface area contributed by atoms with Gasteiger partial charge in [0.1, 0.15) is 0 Å². The van der Waals surface area contributed by atoms with Crippen LogP contribution in [-0.4, -0.2) is 13.1 Å². The normalized spacial score (nSPS) is 26.2. The molecule has 1 rings (SSSR count). The molecular formula is C15H31N. The van der Waals surface area contributed by atoms with Gasteiger partial charge in [0.15, 0.2) is 0 Å². The lowest BCUT2D eigenvalue weighted by atomic mass is 9.81. The first-order valence-corrected chi connectivity index (χ1v) is 7.46. The summed E-state index contributed by atoms with van der Waals surface area (Å²) in [6, 6.07) is 0. The van der Waals surface area contributed by atoms with Gasteiger partial charge in [0.05, 0.1) is 0 Å². The molecule has 1 heteroatoms. The number of rotatable bonds is 7. The second-order valence-electron chi connectivity index (χ2n) is 5.81. The molecule has 2 unspecified atom stereocenters. The molecule has 96 valence electrons. The molecule has 0 aliphatic heterocycles. The molecule has 1 aliphatic rings. The fourth-order valence-corrected chi connectivity index (χ4v) is 3.01. The Morgan fingerprint density at radius 3 is 2.56 bits per heavy atom. The number of hydrogen-bond donors (Lipinski definition) is 1. The molecule has 0 amide bonds. The highest BCUT2D eigenvalue weighted by molar-refractivity contribution is 4.71. The molecule has 1 saturated carbocycles. The molecule has 0 aromatic heterocycles. The molecule has 1 aliphatic carbocycles. The first kappa shape index (κ1) is 14.0. The second-order valence-corrected chi connectivity index (χ2v) is 5.81.